The van der Waals surface area contributed by atoms with Crippen LogP contribution in [0.15, 0.2) is 0 Å². The molecule has 2 unspecified atom stereocenters. The molecule has 0 aromatic heterocycles. The molecule has 6 heteroatoms. The summed E-state index contributed by atoms with van der Waals surface area (Å²) in [5.74, 6) is 0.659. The van der Waals surface area contributed by atoms with Gasteiger partial charge in [0.25, 0.3) is 10.2 Å². The van der Waals surface area contributed by atoms with Crippen LogP contribution in [0.2, 0.25) is 0 Å². The lowest BCUT2D eigenvalue weighted by molar-refractivity contribution is 0.326. The van der Waals surface area contributed by atoms with Crippen LogP contribution in [-0.2, 0) is 10.2 Å². The molecule has 1 aliphatic heterocycles. The first-order chi connectivity index (χ1) is 7.41. The van der Waals surface area contributed by atoms with Crippen LogP contribution in [0.25, 0.3) is 0 Å². The second-order valence-corrected chi connectivity index (χ2v) is 6.47. The molecule has 16 heavy (non-hydrogen) atoms. The average Bonchev–Trinajstić information content (AvgIpc) is 2.19. The minimum atomic E-state index is -3.34. The van der Waals surface area contributed by atoms with Crippen LogP contribution in [0.5, 0.6) is 0 Å². The molecule has 1 aliphatic rings. The highest BCUT2D eigenvalue weighted by Gasteiger charge is 2.25. The Morgan fingerprint density at radius 1 is 1.44 bits per heavy atom. The van der Waals surface area contributed by atoms with E-state index >= 15 is 0 Å². The topological polar surface area (TPSA) is 70.2 Å². The lowest BCUT2D eigenvalue weighted by Gasteiger charge is -2.30. The molecule has 0 amide bonds. The molecular formula is C10H23N3O2S. The Morgan fingerprint density at radius 3 is 2.69 bits per heavy atom. The fourth-order valence-electron chi connectivity index (χ4n) is 1.71. The van der Waals surface area contributed by atoms with Crippen molar-refractivity contribution in [2.24, 2.45) is 11.8 Å². The molecule has 0 aromatic carbocycles. The summed E-state index contributed by atoms with van der Waals surface area (Å²) in [6, 6.07) is 0.0471. The minimum Gasteiger partial charge on any atom is -0.316 e. The maximum absolute atomic E-state index is 11.7. The summed E-state index contributed by atoms with van der Waals surface area (Å²) in [7, 11) is -3.34. The van der Waals surface area contributed by atoms with Gasteiger partial charge in [0.2, 0.25) is 0 Å². The van der Waals surface area contributed by atoms with Gasteiger partial charge in [-0.05, 0) is 31.3 Å². The Bertz CT molecular complexity index is 303. The van der Waals surface area contributed by atoms with Crippen molar-refractivity contribution in [3.8, 4) is 0 Å². The van der Waals surface area contributed by atoms with E-state index in [0.29, 0.717) is 18.4 Å². The average molecular weight is 249 g/mol. The quantitative estimate of drug-likeness (QED) is 0.645. The lowest BCUT2D eigenvalue weighted by atomic mass is 9.97. The Morgan fingerprint density at radius 2 is 2.12 bits per heavy atom. The van der Waals surface area contributed by atoms with Crippen molar-refractivity contribution < 1.29 is 8.42 Å². The summed E-state index contributed by atoms with van der Waals surface area (Å²) in [6.07, 6.45) is 0.851. The Labute approximate surface area is 98.6 Å². The zero-order valence-electron chi connectivity index (χ0n) is 10.3. The zero-order chi connectivity index (χ0) is 12.2. The molecule has 0 aliphatic carbocycles. The number of hydrogen-bond donors (Lipinski definition) is 3. The number of nitrogens with one attached hydrogen (secondary N) is 3. The SMILES string of the molecule is CC(C)CNS(=O)(=O)NC1CCNCC1C. The van der Waals surface area contributed by atoms with Gasteiger partial charge in [-0.3, -0.25) is 0 Å². The molecule has 1 heterocycles. The summed E-state index contributed by atoms with van der Waals surface area (Å²) in [6.45, 7) is 8.25. The predicted molar refractivity (Wildman–Crippen MR) is 65.3 cm³/mol. The highest BCUT2D eigenvalue weighted by Crippen LogP contribution is 2.10. The van der Waals surface area contributed by atoms with E-state index in [1.54, 1.807) is 0 Å². The summed E-state index contributed by atoms with van der Waals surface area (Å²) in [5.41, 5.74) is 0. The first-order valence-electron chi connectivity index (χ1n) is 5.88. The van der Waals surface area contributed by atoms with Crippen molar-refractivity contribution in [1.82, 2.24) is 14.8 Å². The molecule has 0 saturated carbocycles. The maximum atomic E-state index is 11.7. The molecule has 0 radical (unpaired) electrons. The van der Waals surface area contributed by atoms with E-state index < -0.39 is 10.2 Å². The molecule has 0 bridgehead atoms. The van der Waals surface area contributed by atoms with Gasteiger partial charge >= 0.3 is 0 Å². The van der Waals surface area contributed by atoms with Crippen LogP contribution >= 0.6 is 0 Å². The first kappa shape index (κ1) is 13.9. The molecule has 2 atom stereocenters. The molecule has 0 spiro atoms. The molecule has 3 N–H and O–H groups in total. The number of hydrogen-bond acceptors (Lipinski definition) is 3. The number of rotatable bonds is 5. The second-order valence-electron chi connectivity index (χ2n) is 4.94. The highest BCUT2D eigenvalue weighted by molar-refractivity contribution is 7.87. The van der Waals surface area contributed by atoms with E-state index in [9.17, 15) is 8.42 Å². The summed E-state index contributed by atoms with van der Waals surface area (Å²) in [4.78, 5) is 0. The van der Waals surface area contributed by atoms with Gasteiger partial charge in [-0.15, -0.1) is 0 Å². The van der Waals surface area contributed by atoms with Crippen molar-refractivity contribution in [2.75, 3.05) is 19.6 Å². The van der Waals surface area contributed by atoms with Crippen molar-refractivity contribution in [1.29, 1.82) is 0 Å². The van der Waals surface area contributed by atoms with E-state index in [1.165, 1.54) is 0 Å². The smallest absolute Gasteiger partial charge is 0.277 e. The van der Waals surface area contributed by atoms with Gasteiger partial charge < -0.3 is 5.32 Å². The van der Waals surface area contributed by atoms with Crippen LogP contribution in [0.4, 0.5) is 0 Å². The van der Waals surface area contributed by atoms with Crippen LogP contribution in [0.3, 0.4) is 0 Å². The fraction of sp³-hybridized carbons (Fsp3) is 1.00. The molecule has 5 nitrogen and oxygen atoms in total. The van der Waals surface area contributed by atoms with Crippen LogP contribution in [0.1, 0.15) is 27.2 Å². The van der Waals surface area contributed by atoms with Crippen molar-refractivity contribution >= 4 is 10.2 Å². The van der Waals surface area contributed by atoms with Crippen molar-refractivity contribution in [3.63, 3.8) is 0 Å². The van der Waals surface area contributed by atoms with Crippen molar-refractivity contribution in [2.45, 2.75) is 33.2 Å². The Kier molecular flexibility index (Phi) is 5.17. The van der Waals surface area contributed by atoms with Crippen molar-refractivity contribution in [3.05, 3.63) is 0 Å². The zero-order valence-corrected chi connectivity index (χ0v) is 11.1. The minimum absolute atomic E-state index is 0.0471. The normalized spacial score (nSPS) is 27.2. The van der Waals surface area contributed by atoms with Gasteiger partial charge in [0.1, 0.15) is 0 Å². The van der Waals surface area contributed by atoms with Gasteiger partial charge in [0, 0.05) is 12.6 Å². The third-order valence-corrected chi connectivity index (χ3v) is 3.93. The Balaban J connectivity index is 2.44. The largest absolute Gasteiger partial charge is 0.316 e. The standard InChI is InChI=1S/C10H23N3O2S/c1-8(2)6-12-16(14,15)13-10-4-5-11-7-9(10)3/h8-13H,4-7H2,1-3H3. The highest BCUT2D eigenvalue weighted by atomic mass is 32.2. The molecular weight excluding hydrogens is 226 g/mol. The van der Waals surface area contributed by atoms with E-state index in [2.05, 4.69) is 21.7 Å². The molecule has 1 saturated heterocycles. The summed E-state index contributed by atoms with van der Waals surface area (Å²) in [5, 5.41) is 3.25. The van der Waals surface area contributed by atoms with E-state index in [0.717, 1.165) is 19.5 Å². The van der Waals surface area contributed by atoms with Crippen LogP contribution < -0.4 is 14.8 Å². The van der Waals surface area contributed by atoms with E-state index in [1.807, 2.05) is 13.8 Å². The number of piperidine rings is 1. The Hall–Kier alpha value is -0.170. The van der Waals surface area contributed by atoms with Crippen LogP contribution in [-0.4, -0.2) is 34.1 Å². The summed E-state index contributed by atoms with van der Waals surface area (Å²) >= 11 is 0. The third-order valence-electron chi connectivity index (χ3n) is 2.77. The predicted octanol–water partition coefficient (Wildman–Crippen LogP) is 0.0644. The molecule has 1 rings (SSSR count). The fourth-order valence-corrected chi connectivity index (χ4v) is 3.09. The molecule has 0 aromatic rings. The van der Waals surface area contributed by atoms with E-state index in [-0.39, 0.29) is 6.04 Å². The monoisotopic (exact) mass is 249 g/mol. The third kappa shape index (κ3) is 4.78. The lowest BCUT2D eigenvalue weighted by Crippen LogP contribution is -2.51. The van der Waals surface area contributed by atoms with Gasteiger partial charge in [-0.2, -0.15) is 13.1 Å². The second kappa shape index (κ2) is 5.95. The van der Waals surface area contributed by atoms with E-state index in [4.69, 9.17) is 0 Å². The summed E-state index contributed by atoms with van der Waals surface area (Å²) < 4.78 is 28.7. The van der Waals surface area contributed by atoms with Crippen LogP contribution in [0, 0.1) is 11.8 Å². The molecule has 96 valence electrons. The first-order valence-corrected chi connectivity index (χ1v) is 7.36. The van der Waals surface area contributed by atoms with Gasteiger partial charge in [-0.25, -0.2) is 4.72 Å². The van der Waals surface area contributed by atoms with Gasteiger partial charge in [-0.1, -0.05) is 20.8 Å². The maximum Gasteiger partial charge on any atom is 0.277 e. The molecule has 1 fully saturated rings. The van der Waals surface area contributed by atoms with Gasteiger partial charge in [0.15, 0.2) is 0 Å². The van der Waals surface area contributed by atoms with Gasteiger partial charge in [0.05, 0.1) is 0 Å².